The fourth-order valence-electron chi connectivity index (χ4n) is 1.74. The van der Waals surface area contributed by atoms with Crippen LogP contribution in [0.15, 0.2) is 34.1 Å². The van der Waals surface area contributed by atoms with Gasteiger partial charge in [-0.25, -0.2) is 8.42 Å². The van der Waals surface area contributed by atoms with Gasteiger partial charge in [0.2, 0.25) is 0 Å². The lowest BCUT2D eigenvalue weighted by molar-refractivity contribution is -0.144. The van der Waals surface area contributed by atoms with E-state index in [1.807, 2.05) is 0 Å². The van der Waals surface area contributed by atoms with Gasteiger partial charge in [0.15, 0.2) is 9.84 Å². The summed E-state index contributed by atoms with van der Waals surface area (Å²) in [5, 5.41) is 12.0. The van der Waals surface area contributed by atoms with E-state index >= 15 is 0 Å². The lowest BCUT2D eigenvalue weighted by Crippen LogP contribution is -2.47. The van der Waals surface area contributed by atoms with Crippen molar-refractivity contribution in [3.8, 4) is 0 Å². The van der Waals surface area contributed by atoms with Gasteiger partial charge in [0.1, 0.15) is 5.54 Å². The van der Waals surface area contributed by atoms with Crippen molar-refractivity contribution >= 4 is 27.6 Å². The molecule has 118 valence electrons. The van der Waals surface area contributed by atoms with E-state index in [9.17, 15) is 13.2 Å². The predicted octanol–water partition coefficient (Wildman–Crippen LogP) is 2.03. The van der Waals surface area contributed by atoms with Crippen molar-refractivity contribution in [2.45, 2.75) is 35.1 Å². The first kappa shape index (κ1) is 18.0. The number of carbonyl (C=O) groups is 1. The summed E-state index contributed by atoms with van der Waals surface area (Å²) in [7, 11) is -1.52. The molecule has 2 N–H and O–H groups in total. The summed E-state index contributed by atoms with van der Waals surface area (Å²) < 4.78 is 22.7. The molecule has 0 spiro atoms. The van der Waals surface area contributed by atoms with Crippen LogP contribution in [0.25, 0.3) is 0 Å². The van der Waals surface area contributed by atoms with E-state index in [-0.39, 0.29) is 0 Å². The number of rotatable bonds is 8. The van der Waals surface area contributed by atoms with Crippen LogP contribution in [0, 0.1) is 0 Å². The van der Waals surface area contributed by atoms with Gasteiger partial charge in [-0.15, -0.1) is 11.8 Å². The fraction of sp³-hybridized carbons (Fsp3) is 0.500. The number of hydrogen-bond acceptors (Lipinski definition) is 5. The zero-order valence-electron chi connectivity index (χ0n) is 12.4. The molecule has 0 saturated carbocycles. The lowest BCUT2D eigenvalue weighted by Gasteiger charge is -2.23. The Morgan fingerprint density at radius 2 is 1.90 bits per heavy atom. The molecule has 1 unspecified atom stereocenters. The Kier molecular flexibility index (Phi) is 6.24. The number of carboxylic acid groups (broad SMARTS) is 1. The van der Waals surface area contributed by atoms with Gasteiger partial charge in [-0.2, -0.15) is 0 Å². The molecule has 0 aliphatic rings. The maximum atomic E-state index is 11.3. The molecule has 0 aliphatic heterocycles. The predicted molar refractivity (Wildman–Crippen MR) is 84.6 cm³/mol. The second-order valence-corrected chi connectivity index (χ2v) is 8.27. The number of hydrogen-bond donors (Lipinski definition) is 2. The third-order valence-electron chi connectivity index (χ3n) is 3.37. The topological polar surface area (TPSA) is 83.5 Å². The highest BCUT2D eigenvalue weighted by molar-refractivity contribution is 7.99. The third-order valence-corrected chi connectivity index (χ3v) is 5.59. The number of nitrogens with one attached hydrogen (secondary N) is 1. The molecule has 0 aliphatic carbocycles. The van der Waals surface area contributed by atoms with Crippen molar-refractivity contribution in [3.05, 3.63) is 24.3 Å². The monoisotopic (exact) mass is 331 g/mol. The van der Waals surface area contributed by atoms with Gasteiger partial charge in [0, 0.05) is 11.2 Å². The second kappa shape index (κ2) is 7.29. The molecule has 7 heteroatoms. The first-order valence-corrected chi connectivity index (χ1v) is 9.42. The molecule has 1 aromatic rings. The molecule has 0 amide bonds. The first-order chi connectivity index (χ1) is 9.69. The van der Waals surface area contributed by atoms with Gasteiger partial charge in [-0.05, 0) is 56.8 Å². The average molecular weight is 331 g/mol. The van der Waals surface area contributed by atoms with Crippen LogP contribution in [0.1, 0.15) is 19.8 Å². The van der Waals surface area contributed by atoms with E-state index in [0.29, 0.717) is 11.3 Å². The number of likely N-dealkylation sites (N-methyl/N-ethyl adjacent to an activating group) is 1. The van der Waals surface area contributed by atoms with Crippen LogP contribution in [0.4, 0.5) is 0 Å². The summed E-state index contributed by atoms with van der Waals surface area (Å²) >= 11 is 1.59. The van der Waals surface area contributed by atoms with Gasteiger partial charge in [0.05, 0.1) is 4.90 Å². The minimum Gasteiger partial charge on any atom is -0.480 e. The molecule has 0 saturated heterocycles. The zero-order chi connectivity index (χ0) is 16.1. The molecule has 0 fully saturated rings. The molecule has 0 aromatic heterocycles. The van der Waals surface area contributed by atoms with Crippen LogP contribution in [-0.2, 0) is 14.6 Å². The van der Waals surface area contributed by atoms with Crippen molar-refractivity contribution in [3.63, 3.8) is 0 Å². The molecule has 1 aromatic carbocycles. The Bertz CT molecular complexity index is 583. The van der Waals surface area contributed by atoms with Crippen LogP contribution >= 0.6 is 11.8 Å². The van der Waals surface area contributed by atoms with Gasteiger partial charge < -0.3 is 10.4 Å². The Morgan fingerprint density at radius 3 is 2.33 bits per heavy atom. The lowest BCUT2D eigenvalue weighted by atomic mass is 9.97. The molecule has 1 atom stereocenters. The standard InChI is InChI=1S/C14H21NO4S2/c1-14(15-2,13(16)17)9-4-10-20-11-5-7-12(8-6-11)21(3,18)19/h5-8,15H,4,9-10H2,1-3H3,(H,16,17). The van der Waals surface area contributed by atoms with E-state index in [2.05, 4.69) is 5.32 Å². The van der Waals surface area contributed by atoms with E-state index in [1.165, 1.54) is 6.26 Å². The SMILES string of the molecule is CNC(C)(CCCSc1ccc(S(C)(=O)=O)cc1)C(=O)O. The highest BCUT2D eigenvalue weighted by Crippen LogP contribution is 2.23. The van der Waals surface area contributed by atoms with Crippen LogP contribution in [0.5, 0.6) is 0 Å². The fourth-order valence-corrected chi connectivity index (χ4v) is 3.22. The van der Waals surface area contributed by atoms with Crippen molar-refractivity contribution < 1.29 is 18.3 Å². The quantitative estimate of drug-likeness (QED) is 0.560. The molecule has 0 radical (unpaired) electrons. The molecular weight excluding hydrogens is 310 g/mol. The Labute approximate surface area is 130 Å². The molecule has 1 rings (SSSR count). The van der Waals surface area contributed by atoms with E-state index in [4.69, 9.17) is 5.11 Å². The molecule has 5 nitrogen and oxygen atoms in total. The summed E-state index contributed by atoms with van der Waals surface area (Å²) in [6.07, 6.45) is 2.47. The van der Waals surface area contributed by atoms with Crippen molar-refractivity contribution in [2.75, 3.05) is 19.1 Å². The van der Waals surface area contributed by atoms with Crippen LogP contribution in [-0.4, -0.2) is 44.1 Å². The van der Waals surface area contributed by atoms with Gasteiger partial charge in [0.25, 0.3) is 0 Å². The summed E-state index contributed by atoms with van der Waals surface area (Å²) in [6, 6.07) is 6.73. The summed E-state index contributed by atoms with van der Waals surface area (Å²) in [5.74, 6) is -0.0736. The molecule has 0 heterocycles. The number of thioether (sulfide) groups is 1. The van der Waals surface area contributed by atoms with Crippen molar-refractivity contribution in [1.29, 1.82) is 0 Å². The summed E-state index contributed by atoms with van der Waals surface area (Å²) in [6.45, 7) is 1.67. The largest absolute Gasteiger partial charge is 0.480 e. The summed E-state index contributed by atoms with van der Waals surface area (Å²) in [4.78, 5) is 12.4. The smallest absolute Gasteiger partial charge is 0.323 e. The van der Waals surface area contributed by atoms with Crippen molar-refractivity contribution in [2.24, 2.45) is 0 Å². The van der Waals surface area contributed by atoms with Gasteiger partial charge in [-0.3, -0.25) is 4.79 Å². The second-order valence-electron chi connectivity index (χ2n) is 5.08. The Morgan fingerprint density at radius 1 is 1.33 bits per heavy atom. The van der Waals surface area contributed by atoms with Crippen LogP contribution < -0.4 is 5.32 Å². The molecular formula is C14H21NO4S2. The third kappa shape index (κ3) is 5.33. The number of sulfone groups is 1. The number of benzene rings is 1. The minimum atomic E-state index is -3.16. The highest BCUT2D eigenvalue weighted by Gasteiger charge is 2.30. The summed E-state index contributed by atoms with van der Waals surface area (Å²) in [5.41, 5.74) is -0.902. The van der Waals surface area contributed by atoms with Gasteiger partial charge >= 0.3 is 5.97 Å². The van der Waals surface area contributed by atoms with Crippen LogP contribution in [0.2, 0.25) is 0 Å². The minimum absolute atomic E-state index is 0.306. The normalized spacial score (nSPS) is 14.6. The van der Waals surface area contributed by atoms with Gasteiger partial charge in [-0.1, -0.05) is 0 Å². The molecule has 21 heavy (non-hydrogen) atoms. The molecule has 0 bridgehead atoms. The van der Waals surface area contributed by atoms with E-state index in [1.54, 1.807) is 50.0 Å². The number of aliphatic carboxylic acids is 1. The zero-order valence-corrected chi connectivity index (χ0v) is 14.1. The maximum Gasteiger partial charge on any atom is 0.323 e. The van der Waals surface area contributed by atoms with E-state index in [0.717, 1.165) is 17.1 Å². The van der Waals surface area contributed by atoms with Crippen molar-refractivity contribution in [1.82, 2.24) is 5.32 Å². The average Bonchev–Trinajstić information content (AvgIpc) is 2.42. The first-order valence-electron chi connectivity index (χ1n) is 6.54. The van der Waals surface area contributed by atoms with E-state index < -0.39 is 21.3 Å². The number of carboxylic acids is 1. The Balaban J connectivity index is 2.48. The maximum absolute atomic E-state index is 11.3. The highest BCUT2D eigenvalue weighted by atomic mass is 32.2. The Hall–Kier alpha value is -1.05. The van der Waals surface area contributed by atoms with Crippen LogP contribution in [0.3, 0.4) is 0 Å².